The van der Waals surface area contributed by atoms with Gasteiger partial charge in [0.2, 0.25) is 0 Å². The number of allylic oxidation sites excluding steroid dienone is 1. The molecular weight excluding hydrogens is 1120 g/mol. The molecule has 0 aromatic rings. The molecule has 0 radical (unpaired) electrons. The standard InChI is InChI=1S/C10H17NO4.C10H17NO3.C9H18N2O3.C9H18N2O2.C9H17NO4.C9H17NO3S/c1-7(12)6-8(13)4-2-3-5-9(11)10(14)15;1-7(2)6-8(12)4-3-5-9(11)10(13)14;1-7(12)6-11-5-3-2-4-8(10)9(13)14;1-7(2)6-11-5-3-4-8(10)9(12)13;2*1-7(11)6-14-5-3-2-4-8(10)9(12)13/h9H,2-6,11H2,1H3,(H,14,15);9H,1,3-6,11H2,2H3,(H,13,14);8,11H,2-6,10H2,1H3,(H,13,14);8,11H,1,3-6,10H2,2H3,(H,12,13);2*8H,2-6,10H2,1H3,(H,12,13). The lowest BCUT2D eigenvalue weighted by Gasteiger charge is -2.06. The molecule has 6 unspecified atom stereocenters. The third-order valence-electron chi connectivity index (χ3n) is 10.5. The summed E-state index contributed by atoms with van der Waals surface area (Å²) < 4.78 is 5.00. The second-order valence-electron chi connectivity index (χ2n) is 20.0. The number of ether oxygens (including phenoxy) is 1. The van der Waals surface area contributed by atoms with Gasteiger partial charge in [0.25, 0.3) is 0 Å². The molecule has 28 heteroatoms. The summed E-state index contributed by atoms with van der Waals surface area (Å²) in [4.78, 5) is 126. The Kier molecular flexibility index (Phi) is 64.4. The molecule has 0 amide bonds. The van der Waals surface area contributed by atoms with Crippen molar-refractivity contribution in [1.29, 1.82) is 0 Å². The number of carbonyl (C=O) groups excluding carboxylic acids is 6. The Morgan fingerprint density at radius 1 is 0.405 bits per heavy atom. The summed E-state index contributed by atoms with van der Waals surface area (Å²) in [6.07, 6.45) is 11.0. The van der Waals surface area contributed by atoms with Crippen molar-refractivity contribution in [2.24, 2.45) is 34.4 Å². The normalized spacial score (nSPS) is 12.3. The van der Waals surface area contributed by atoms with Crippen molar-refractivity contribution in [1.82, 2.24) is 10.6 Å². The topological polar surface area (TPSA) is 516 Å². The second kappa shape index (κ2) is 60.4. The predicted octanol–water partition coefficient (Wildman–Crippen LogP) is 2.77. The molecule has 0 aliphatic heterocycles. The highest BCUT2D eigenvalue weighted by molar-refractivity contribution is 7.99. The Bertz CT molecular complexity index is 1840. The molecule has 0 aromatic carbocycles. The third kappa shape index (κ3) is 78.4. The lowest BCUT2D eigenvalue weighted by molar-refractivity contribution is -0.139. The number of carbonyl (C=O) groups is 12. The molecule has 0 aliphatic carbocycles. The van der Waals surface area contributed by atoms with E-state index in [2.05, 4.69) is 23.8 Å². The van der Waals surface area contributed by atoms with Crippen LogP contribution in [0.4, 0.5) is 0 Å². The molecule has 0 aromatic heterocycles. The number of aliphatic carboxylic acids is 6. The van der Waals surface area contributed by atoms with Gasteiger partial charge in [-0.3, -0.25) is 57.5 Å². The van der Waals surface area contributed by atoms with E-state index in [4.69, 9.17) is 69.8 Å². The molecule has 0 saturated carbocycles. The van der Waals surface area contributed by atoms with Gasteiger partial charge in [-0.1, -0.05) is 43.6 Å². The third-order valence-corrected chi connectivity index (χ3v) is 11.7. The zero-order valence-electron chi connectivity index (χ0n) is 50.5. The first-order valence-corrected chi connectivity index (χ1v) is 28.9. The van der Waals surface area contributed by atoms with E-state index in [1.807, 2.05) is 6.92 Å². The van der Waals surface area contributed by atoms with E-state index in [-0.39, 0.29) is 47.7 Å². The quantitative estimate of drug-likeness (QED) is 0.0237. The van der Waals surface area contributed by atoms with Gasteiger partial charge in [0.15, 0.2) is 5.78 Å². The van der Waals surface area contributed by atoms with Crippen molar-refractivity contribution in [3.63, 3.8) is 0 Å². The van der Waals surface area contributed by atoms with Crippen LogP contribution in [0.1, 0.15) is 170 Å². The largest absolute Gasteiger partial charge is 0.480 e. The SMILES string of the molecule is C=C(C)CC(=O)CCCC(N)C(=O)O.C=C(C)CNCCCC(N)C(=O)O.CC(=O)CC(=O)CCCCC(N)C(=O)O.CC(=O)CNCCCCC(N)C(=O)O.CC(=O)COCCCCC(N)C(=O)O.CC(=O)CSCCCCC(N)C(=O)O. The van der Waals surface area contributed by atoms with E-state index in [0.717, 1.165) is 75.1 Å². The zero-order chi connectivity index (χ0) is 66.2. The van der Waals surface area contributed by atoms with Crippen LogP contribution in [-0.4, -0.2) is 188 Å². The number of carboxylic acid groups (broad SMARTS) is 6. The first-order valence-electron chi connectivity index (χ1n) is 27.8. The van der Waals surface area contributed by atoms with Crippen molar-refractivity contribution >= 4 is 82.3 Å². The smallest absolute Gasteiger partial charge is 0.320 e. The van der Waals surface area contributed by atoms with Gasteiger partial charge in [-0.15, -0.1) is 0 Å². The van der Waals surface area contributed by atoms with Crippen molar-refractivity contribution in [2.75, 3.05) is 50.9 Å². The van der Waals surface area contributed by atoms with Crippen molar-refractivity contribution in [3.05, 3.63) is 24.3 Å². The monoisotopic (exact) mass is 1220 g/mol. The summed E-state index contributed by atoms with van der Waals surface area (Å²) in [6.45, 7) is 20.3. The minimum absolute atomic E-state index is 0.00719. The number of ketones is 6. The van der Waals surface area contributed by atoms with Crippen LogP contribution in [0.25, 0.3) is 0 Å². The molecule has 0 fully saturated rings. The van der Waals surface area contributed by atoms with Crippen LogP contribution in [0.3, 0.4) is 0 Å². The highest BCUT2D eigenvalue weighted by atomic mass is 32.2. The van der Waals surface area contributed by atoms with Gasteiger partial charge >= 0.3 is 35.8 Å². The van der Waals surface area contributed by atoms with Gasteiger partial charge in [0, 0.05) is 32.4 Å². The van der Waals surface area contributed by atoms with Gasteiger partial charge < -0.3 is 80.4 Å². The van der Waals surface area contributed by atoms with Crippen LogP contribution in [-0.2, 0) is 62.3 Å². The van der Waals surface area contributed by atoms with E-state index in [1.165, 1.54) is 20.8 Å². The molecule has 0 saturated heterocycles. The number of carboxylic acids is 6. The minimum atomic E-state index is -1.02. The van der Waals surface area contributed by atoms with Crippen LogP contribution in [0.2, 0.25) is 0 Å². The van der Waals surface area contributed by atoms with E-state index in [1.54, 1.807) is 25.6 Å². The van der Waals surface area contributed by atoms with Crippen LogP contribution in [0.15, 0.2) is 24.3 Å². The van der Waals surface area contributed by atoms with E-state index in [9.17, 15) is 57.5 Å². The van der Waals surface area contributed by atoms with Crippen LogP contribution in [0.5, 0.6) is 0 Å². The molecule has 0 spiro atoms. The Morgan fingerprint density at radius 2 is 0.762 bits per heavy atom. The van der Waals surface area contributed by atoms with Crippen LogP contribution in [0, 0.1) is 0 Å². The Balaban J connectivity index is -0.000000217. The molecule has 84 heavy (non-hydrogen) atoms. The van der Waals surface area contributed by atoms with Crippen molar-refractivity contribution in [2.45, 2.75) is 206 Å². The zero-order valence-corrected chi connectivity index (χ0v) is 51.4. The number of hydrogen-bond donors (Lipinski definition) is 14. The predicted molar refractivity (Wildman–Crippen MR) is 322 cm³/mol. The summed E-state index contributed by atoms with van der Waals surface area (Å²) in [6, 6.07) is -4.73. The molecule has 0 bridgehead atoms. The lowest BCUT2D eigenvalue weighted by Crippen LogP contribution is -2.31. The first-order chi connectivity index (χ1) is 39.0. The minimum Gasteiger partial charge on any atom is -0.480 e. The summed E-state index contributed by atoms with van der Waals surface area (Å²) >= 11 is 1.58. The van der Waals surface area contributed by atoms with E-state index < -0.39 is 72.1 Å². The van der Waals surface area contributed by atoms with E-state index in [0.29, 0.717) is 102 Å². The van der Waals surface area contributed by atoms with Gasteiger partial charge in [0.05, 0.1) is 18.7 Å². The van der Waals surface area contributed by atoms with Crippen LogP contribution < -0.4 is 45.0 Å². The number of thioether (sulfide) groups is 1. The summed E-state index contributed by atoms with van der Waals surface area (Å²) in [5, 5.41) is 56.9. The molecular formula is C56H104N8O19S. The van der Waals surface area contributed by atoms with Crippen LogP contribution >= 0.6 is 11.8 Å². The number of hydrogen-bond acceptors (Lipinski definition) is 22. The van der Waals surface area contributed by atoms with Gasteiger partial charge in [0.1, 0.15) is 71.8 Å². The lowest BCUT2D eigenvalue weighted by atomic mass is 10.0. The molecule has 27 nitrogen and oxygen atoms in total. The average molecular weight is 1230 g/mol. The number of Topliss-reactive ketones (excluding diaryl/α,β-unsaturated/α-hetero) is 6. The fourth-order valence-electron chi connectivity index (χ4n) is 5.93. The number of unbranched alkanes of at least 4 members (excludes halogenated alkanes) is 4. The fraction of sp³-hybridized carbons (Fsp3) is 0.714. The molecule has 20 N–H and O–H groups in total. The molecule has 488 valence electrons. The highest BCUT2D eigenvalue weighted by Crippen LogP contribution is 2.09. The maximum absolute atomic E-state index is 11.2. The Labute approximate surface area is 500 Å². The first kappa shape index (κ1) is 89.5. The average Bonchev–Trinajstić information content (AvgIpc) is 3.37. The molecule has 6 atom stereocenters. The van der Waals surface area contributed by atoms with Gasteiger partial charge in [-0.2, -0.15) is 11.8 Å². The maximum Gasteiger partial charge on any atom is 0.320 e. The summed E-state index contributed by atoms with van der Waals surface area (Å²) in [5.74, 6) is -4.27. The number of rotatable bonds is 46. The van der Waals surface area contributed by atoms with Gasteiger partial charge in [-0.25, -0.2) is 0 Å². The summed E-state index contributed by atoms with van der Waals surface area (Å²) in [5.41, 5.74) is 33.7. The highest BCUT2D eigenvalue weighted by Gasteiger charge is 2.15. The molecule has 0 aliphatic rings. The Morgan fingerprint density at radius 3 is 1.14 bits per heavy atom. The fourth-order valence-corrected chi connectivity index (χ4v) is 6.77. The number of nitrogens with one attached hydrogen (secondary N) is 2. The second-order valence-corrected chi connectivity index (χ2v) is 21.2. The van der Waals surface area contributed by atoms with Gasteiger partial charge in [-0.05, 0) is 144 Å². The number of nitrogens with two attached hydrogens (primary N) is 6. The molecule has 0 heterocycles. The van der Waals surface area contributed by atoms with E-state index >= 15 is 0 Å². The molecule has 0 rings (SSSR count). The Hall–Kier alpha value is -5.69. The summed E-state index contributed by atoms with van der Waals surface area (Å²) in [7, 11) is 0. The van der Waals surface area contributed by atoms with Crippen molar-refractivity contribution < 1.29 is 92.9 Å². The van der Waals surface area contributed by atoms with Crippen molar-refractivity contribution in [3.8, 4) is 0 Å². The maximum atomic E-state index is 11.2.